The minimum absolute atomic E-state index is 0.542. The third-order valence-electron chi connectivity index (χ3n) is 3.82. The average Bonchev–Trinajstić information content (AvgIpc) is 2.51. The van der Waals surface area contributed by atoms with Crippen molar-refractivity contribution < 1.29 is 5.11 Å². The lowest BCUT2D eigenvalue weighted by Gasteiger charge is -2.27. The molecule has 1 unspecified atom stereocenters. The van der Waals surface area contributed by atoms with Crippen LogP contribution in [0, 0.1) is 0 Å². The van der Waals surface area contributed by atoms with Crippen LogP contribution >= 0.6 is 11.6 Å². The first-order chi connectivity index (χ1) is 9.03. The molecule has 0 aromatic heterocycles. The zero-order valence-electron chi connectivity index (χ0n) is 11.7. The Labute approximate surface area is 120 Å². The molecule has 0 bridgehead atoms. The van der Waals surface area contributed by atoms with Crippen molar-refractivity contribution in [3.05, 3.63) is 28.8 Å². The van der Waals surface area contributed by atoms with Crippen molar-refractivity contribution in [2.24, 2.45) is 0 Å². The van der Waals surface area contributed by atoms with Gasteiger partial charge in [0.15, 0.2) is 0 Å². The van der Waals surface area contributed by atoms with E-state index in [4.69, 9.17) is 11.6 Å². The van der Waals surface area contributed by atoms with Crippen LogP contribution in [0.15, 0.2) is 18.2 Å². The molecule has 0 aliphatic carbocycles. The SMILES string of the molecule is CNCc1cccc(Cl)c1N1CCCC(C)(O)CC1. The second-order valence-electron chi connectivity index (χ2n) is 5.62. The van der Waals surface area contributed by atoms with Gasteiger partial charge in [-0.3, -0.25) is 0 Å². The maximum absolute atomic E-state index is 10.2. The van der Waals surface area contributed by atoms with Gasteiger partial charge in [0.25, 0.3) is 0 Å². The first kappa shape index (κ1) is 14.6. The summed E-state index contributed by atoms with van der Waals surface area (Å²) in [6, 6.07) is 6.05. The van der Waals surface area contributed by atoms with Crippen molar-refractivity contribution in [2.75, 3.05) is 25.0 Å². The number of anilines is 1. The summed E-state index contributed by atoms with van der Waals surface area (Å²) in [7, 11) is 1.94. The van der Waals surface area contributed by atoms with Crippen molar-refractivity contribution in [3.8, 4) is 0 Å². The fourth-order valence-corrected chi connectivity index (χ4v) is 3.05. The minimum atomic E-state index is -0.542. The van der Waals surface area contributed by atoms with Crippen molar-refractivity contribution in [1.82, 2.24) is 5.32 Å². The lowest BCUT2D eigenvalue weighted by atomic mass is 9.98. The van der Waals surface area contributed by atoms with Crippen LogP contribution in [0.25, 0.3) is 0 Å². The molecular formula is C15H23ClN2O. The predicted molar refractivity (Wildman–Crippen MR) is 80.9 cm³/mol. The molecule has 1 atom stereocenters. The molecule has 1 aliphatic rings. The molecule has 0 amide bonds. The molecule has 0 spiro atoms. The van der Waals surface area contributed by atoms with Gasteiger partial charge in [-0.25, -0.2) is 0 Å². The van der Waals surface area contributed by atoms with Gasteiger partial charge in [0.2, 0.25) is 0 Å². The Morgan fingerprint density at radius 3 is 2.89 bits per heavy atom. The third kappa shape index (κ3) is 3.62. The second kappa shape index (κ2) is 6.12. The van der Waals surface area contributed by atoms with Crippen LogP contribution in [-0.2, 0) is 6.54 Å². The molecule has 1 aromatic carbocycles. The van der Waals surface area contributed by atoms with E-state index in [-0.39, 0.29) is 0 Å². The van der Waals surface area contributed by atoms with E-state index >= 15 is 0 Å². The van der Waals surface area contributed by atoms with E-state index in [1.807, 2.05) is 26.1 Å². The van der Waals surface area contributed by atoms with Crippen LogP contribution in [-0.4, -0.2) is 30.8 Å². The Balaban J connectivity index is 2.25. The smallest absolute Gasteiger partial charge is 0.0642 e. The first-order valence-corrected chi connectivity index (χ1v) is 7.30. The third-order valence-corrected chi connectivity index (χ3v) is 4.12. The van der Waals surface area contributed by atoms with Crippen molar-refractivity contribution in [1.29, 1.82) is 0 Å². The molecule has 1 aromatic rings. The predicted octanol–water partition coefficient (Wildman–Crippen LogP) is 2.80. The number of nitrogens with zero attached hydrogens (tertiary/aromatic N) is 1. The van der Waals surface area contributed by atoms with Gasteiger partial charge in [-0.2, -0.15) is 0 Å². The van der Waals surface area contributed by atoms with Crippen molar-refractivity contribution in [2.45, 2.75) is 38.3 Å². The van der Waals surface area contributed by atoms with Crippen LogP contribution < -0.4 is 10.2 Å². The Bertz CT molecular complexity index is 434. The molecule has 1 heterocycles. The fourth-order valence-electron chi connectivity index (χ4n) is 2.73. The average molecular weight is 283 g/mol. The highest BCUT2D eigenvalue weighted by atomic mass is 35.5. The van der Waals surface area contributed by atoms with Gasteiger partial charge in [0, 0.05) is 19.6 Å². The topological polar surface area (TPSA) is 35.5 Å². The molecule has 0 radical (unpaired) electrons. The van der Waals surface area contributed by atoms with E-state index in [1.165, 1.54) is 5.56 Å². The van der Waals surface area contributed by atoms with Crippen LogP contribution in [0.1, 0.15) is 31.7 Å². The van der Waals surface area contributed by atoms with Crippen molar-refractivity contribution in [3.63, 3.8) is 0 Å². The Morgan fingerprint density at radius 2 is 2.16 bits per heavy atom. The molecule has 1 aliphatic heterocycles. The molecule has 2 rings (SSSR count). The molecular weight excluding hydrogens is 260 g/mol. The summed E-state index contributed by atoms with van der Waals surface area (Å²) in [4.78, 5) is 2.32. The Kier molecular flexibility index (Phi) is 4.71. The maximum atomic E-state index is 10.2. The fraction of sp³-hybridized carbons (Fsp3) is 0.600. The van der Waals surface area contributed by atoms with Gasteiger partial charge in [-0.15, -0.1) is 0 Å². The minimum Gasteiger partial charge on any atom is -0.390 e. The number of benzene rings is 1. The summed E-state index contributed by atoms with van der Waals surface area (Å²) < 4.78 is 0. The normalized spacial score (nSPS) is 24.3. The van der Waals surface area contributed by atoms with Gasteiger partial charge < -0.3 is 15.3 Å². The standard InChI is InChI=1S/C15H23ClN2O/c1-15(19)7-4-9-18(10-8-15)14-12(11-17-2)5-3-6-13(14)16/h3,5-6,17,19H,4,7-11H2,1-2H3. The summed E-state index contributed by atoms with van der Waals surface area (Å²) >= 11 is 6.39. The first-order valence-electron chi connectivity index (χ1n) is 6.93. The Hall–Kier alpha value is -0.770. The molecule has 1 fully saturated rings. The number of halogens is 1. The highest BCUT2D eigenvalue weighted by molar-refractivity contribution is 6.33. The monoisotopic (exact) mass is 282 g/mol. The van der Waals surface area contributed by atoms with E-state index < -0.39 is 5.60 Å². The van der Waals surface area contributed by atoms with Gasteiger partial charge in [0.05, 0.1) is 16.3 Å². The summed E-state index contributed by atoms with van der Waals surface area (Å²) in [6.07, 6.45) is 2.64. The van der Waals surface area contributed by atoms with Crippen LogP contribution in [0.2, 0.25) is 5.02 Å². The van der Waals surface area contributed by atoms with Gasteiger partial charge in [-0.1, -0.05) is 23.7 Å². The number of hydrogen-bond donors (Lipinski definition) is 2. The van der Waals surface area contributed by atoms with Gasteiger partial charge in [0.1, 0.15) is 0 Å². The molecule has 106 valence electrons. The lowest BCUT2D eigenvalue weighted by Crippen LogP contribution is -2.29. The van der Waals surface area contributed by atoms with Crippen LogP contribution in [0.3, 0.4) is 0 Å². The van der Waals surface area contributed by atoms with E-state index in [9.17, 15) is 5.11 Å². The van der Waals surface area contributed by atoms with Gasteiger partial charge >= 0.3 is 0 Å². The molecule has 1 saturated heterocycles. The molecule has 3 nitrogen and oxygen atoms in total. The zero-order chi connectivity index (χ0) is 13.9. The zero-order valence-corrected chi connectivity index (χ0v) is 12.5. The summed E-state index contributed by atoms with van der Waals surface area (Å²) in [6.45, 7) is 4.55. The number of hydrogen-bond acceptors (Lipinski definition) is 3. The van der Waals surface area contributed by atoms with Crippen molar-refractivity contribution >= 4 is 17.3 Å². The van der Waals surface area contributed by atoms with Crippen LogP contribution in [0.4, 0.5) is 5.69 Å². The highest BCUT2D eigenvalue weighted by Crippen LogP contribution is 2.33. The second-order valence-corrected chi connectivity index (χ2v) is 6.02. The Morgan fingerprint density at radius 1 is 1.37 bits per heavy atom. The summed E-state index contributed by atoms with van der Waals surface area (Å²) in [5.41, 5.74) is 1.80. The summed E-state index contributed by atoms with van der Waals surface area (Å²) in [5, 5.41) is 14.2. The van der Waals surface area contributed by atoms with Gasteiger partial charge in [-0.05, 0) is 44.9 Å². The van der Waals surface area contributed by atoms with E-state index in [0.717, 1.165) is 49.6 Å². The molecule has 4 heteroatoms. The molecule has 19 heavy (non-hydrogen) atoms. The largest absolute Gasteiger partial charge is 0.390 e. The molecule has 2 N–H and O–H groups in total. The molecule has 0 saturated carbocycles. The maximum Gasteiger partial charge on any atom is 0.0642 e. The highest BCUT2D eigenvalue weighted by Gasteiger charge is 2.26. The number of nitrogens with one attached hydrogen (secondary N) is 1. The van der Waals surface area contributed by atoms with E-state index in [0.29, 0.717) is 0 Å². The number of rotatable bonds is 3. The lowest BCUT2D eigenvalue weighted by molar-refractivity contribution is 0.0481. The number of para-hydroxylation sites is 1. The quantitative estimate of drug-likeness (QED) is 0.895. The van der Waals surface area contributed by atoms with E-state index in [2.05, 4.69) is 16.3 Å². The van der Waals surface area contributed by atoms with E-state index in [1.54, 1.807) is 0 Å². The summed E-state index contributed by atoms with van der Waals surface area (Å²) in [5.74, 6) is 0. The van der Waals surface area contributed by atoms with Crippen LogP contribution in [0.5, 0.6) is 0 Å². The number of aliphatic hydroxyl groups is 1.